The number of benzene rings is 1. The molecule has 1 aliphatic rings. The molecule has 6 nitrogen and oxygen atoms in total. The van der Waals surface area contributed by atoms with Crippen molar-refractivity contribution in [2.75, 3.05) is 25.0 Å². The average Bonchev–Trinajstić information content (AvgIpc) is 3.08. The molecule has 2 heterocycles. The summed E-state index contributed by atoms with van der Waals surface area (Å²) >= 11 is 0. The summed E-state index contributed by atoms with van der Waals surface area (Å²) in [5.74, 6) is 0.112. The number of amides is 1. The van der Waals surface area contributed by atoms with Crippen LogP contribution in [0.15, 0.2) is 48.8 Å². The lowest BCUT2D eigenvalue weighted by Crippen LogP contribution is -2.53. The number of carbonyl (C=O) groups excluding carboxylic acids is 1. The minimum Gasteiger partial charge on any atom is -0.390 e. The number of aliphatic hydroxyl groups is 1. The SMILES string of the molecule is CN(C[C@@H](O)Cn1cccn1)[C@H]1CCCN(c2ccccc2)C1=O. The summed E-state index contributed by atoms with van der Waals surface area (Å²) in [6.07, 6.45) is 4.75. The van der Waals surface area contributed by atoms with Crippen molar-refractivity contribution in [2.24, 2.45) is 0 Å². The van der Waals surface area contributed by atoms with Crippen LogP contribution in [0.4, 0.5) is 5.69 Å². The fourth-order valence-electron chi connectivity index (χ4n) is 3.27. The highest BCUT2D eigenvalue weighted by molar-refractivity contribution is 5.97. The molecule has 128 valence electrons. The minimum atomic E-state index is -0.560. The summed E-state index contributed by atoms with van der Waals surface area (Å²) in [4.78, 5) is 16.7. The third kappa shape index (κ3) is 3.83. The van der Waals surface area contributed by atoms with E-state index in [9.17, 15) is 9.90 Å². The Bertz CT molecular complexity index is 644. The molecular weight excluding hydrogens is 304 g/mol. The Labute approximate surface area is 142 Å². The first-order valence-electron chi connectivity index (χ1n) is 8.37. The van der Waals surface area contributed by atoms with Gasteiger partial charge in [0.15, 0.2) is 0 Å². The number of anilines is 1. The van der Waals surface area contributed by atoms with E-state index in [-0.39, 0.29) is 11.9 Å². The summed E-state index contributed by atoms with van der Waals surface area (Å²) < 4.78 is 1.71. The zero-order valence-electron chi connectivity index (χ0n) is 14.0. The van der Waals surface area contributed by atoms with E-state index in [1.807, 2.05) is 59.4 Å². The van der Waals surface area contributed by atoms with Crippen molar-refractivity contribution in [1.82, 2.24) is 14.7 Å². The molecule has 1 aromatic heterocycles. The third-order valence-electron chi connectivity index (χ3n) is 4.47. The molecule has 0 bridgehead atoms. The second kappa shape index (κ2) is 7.59. The number of carbonyl (C=O) groups is 1. The first-order valence-corrected chi connectivity index (χ1v) is 8.37. The molecule has 6 heteroatoms. The van der Waals surface area contributed by atoms with Gasteiger partial charge in [0.2, 0.25) is 5.91 Å². The Morgan fingerprint density at radius 3 is 2.83 bits per heavy atom. The Kier molecular flexibility index (Phi) is 5.27. The summed E-state index contributed by atoms with van der Waals surface area (Å²) in [6.45, 7) is 1.63. The smallest absolute Gasteiger partial charge is 0.244 e. The standard InChI is InChI=1S/C18H24N4O2/c1-20(13-16(23)14-21-11-6-10-19-21)17-9-5-12-22(18(17)24)15-7-3-2-4-8-15/h2-4,6-8,10-11,16-17,23H,5,9,12-14H2,1H3/t16-,17+/m1/s1. The van der Waals surface area contributed by atoms with E-state index >= 15 is 0 Å². The number of para-hydroxylation sites is 1. The second-order valence-corrected chi connectivity index (χ2v) is 6.30. The van der Waals surface area contributed by atoms with Crippen LogP contribution >= 0.6 is 0 Å². The fourth-order valence-corrected chi connectivity index (χ4v) is 3.27. The van der Waals surface area contributed by atoms with E-state index in [0.29, 0.717) is 13.1 Å². The van der Waals surface area contributed by atoms with Crippen LogP contribution in [-0.4, -0.2) is 58.0 Å². The van der Waals surface area contributed by atoms with E-state index in [0.717, 1.165) is 25.1 Å². The molecule has 24 heavy (non-hydrogen) atoms. The number of rotatable bonds is 6. The van der Waals surface area contributed by atoms with Gasteiger partial charge >= 0.3 is 0 Å². The first-order chi connectivity index (χ1) is 11.6. The van der Waals surface area contributed by atoms with Crippen LogP contribution in [0.2, 0.25) is 0 Å². The predicted octanol–water partition coefficient (Wildman–Crippen LogP) is 1.37. The van der Waals surface area contributed by atoms with E-state index in [1.54, 1.807) is 10.9 Å². The molecule has 0 saturated carbocycles. The Hall–Kier alpha value is -2.18. The van der Waals surface area contributed by atoms with Crippen molar-refractivity contribution in [1.29, 1.82) is 0 Å². The average molecular weight is 328 g/mol. The Balaban J connectivity index is 1.61. The lowest BCUT2D eigenvalue weighted by molar-refractivity contribution is -0.125. The molecule has 0 aliphatic carbocycles. The summed E-state index contributed by atoms with van der Waals surface area (Å²) in [5, 5.41) is 14.4. The molecule has 1 N–H and O–H groups in total. The lowest BCUT2D eigenvalue weighted by Gasteiger charge is -2.37. The van der Waals surface area contributed by atoms with Gasteiger partial charge in [-0.05, 0) is 38.1 Å². The molecule has 2 aromatic rings. The van der Waals surface area contributed by atoms with E-state index in [1.165, 1.54) is 0 Å². The van der Waals surface area contributed by atoms with Gasteiger partial charge in [-0.25, -0.2) is 0 Å². The van der Waals surface area contributed by atoms with Crippen LogP contribution in [0.3, 0.4) is 0 Å². The molecule has 2 atom stereocenters. The highest BCUT2D eigenvalue weighted by Crippen LogP contribution is 2.23. The van der Waals surface area contributed by atoms with Crippen LogP contribution in [-0.2, 0) is 11.3 Å². The summed E-state index contributed by atoms with van der Waals surface area (Å²) in [6, 6.07) is 11.4. The maximum atomic E-state index is 12.9. The lowest BCUT2D eigenvalue weighted by atomic mass is 10.0. The maximum absolute atomic E-state index is 12.9. The van der Waals surface area contributed by atoms with Gasteiger partial charge in [-0.3, -0.25) is 14.4 Å². The summed E-state index contributed by atoms with van der Waals surface area (Å²) in [7, 11) is 1.91. The number of nitrogens with zero attached hydrogens (tertiary/aromatic N) is 4. The van der Waals surface area contributed by atoms with Gasteiger partial charge in [0.1, 0.15) is 0 Å². The third-order valence-corrected chi connectivity index (χ3v) is 4.47. The molecule has 0 radical (unpaired) electrons. The largest absolute Gasteiger partial charge is 0.390 e. The maximum Gasteiger partial charge on any atom is 0.244 e. The zero-order valence-corrected chi connectivity index (χ0v) is 14.0. The van der Waals surface area contributed by atoms with Gasteiger partial charge in [-0.1, -0.05) is 18.2 Å². The van der Waals surface area contributed by atoms with Gasteiger partial charge < -0.3 is 10.0 Å². The summed E-state index contributed by atoms with van der Waals surface area (Å²) in [5.41, 5.74) is 0.942. The second-order valence-electron chi connectivity index (χ2n) is 6.30. The topological polar surface area (TPSA) is 61.6 Å². The van der Waals surface area contributed by atoms with Gasteiger partial charge in [-0.15, -0.1) is 0 Å². The molecule has 1 amide bonds. The molecule has 1 saturated heterocycles. The molecule has 1 aliphatic heterocycles. The minimum absolute atomic E-state index is 0.112. The van der Waals surface area contributed by atoms with Crippen LogP contribution in [0.1, 0.15) is 12.8 Å². The van der Waals surface area contributed by atoms with Crippen LogP contribution in [0.25, 0.3) is 0 Å². The van der Waals surface area contributed by atoms with E-state index < -0.39 is 6.10 Å². The van der Waals surface area contributed by atoms with Gasteiger partial charge in [0.05, 0.1) is 18.7 Å². The van der Waals surface area contributed by atoms with Crippen molar-refractivity contribution >= 4 is 11.6 Å². The van der Waals surface area contributed by atoms with Crippen molar-refractivity contribution in [3.8, 4) is 0 Å². The normalized spacial score (nSPS) is 19.7. The number of hydrogen-bond donors (Lipinski definition) is 1. The number of piperidine rings is 1. The van der Waals surface area contributed by atoms with E-state index in [2.05, 4.69) is 5.10 Å². The van der Waals surface area contributed by atoms with Gasteiger partial charge in [0, 0.05) is 31.2 Å². The molecule has 0 unspecified atom stereocenters. The van der Waals surface area contributed by atoms with E-state index in [4.69, 9.17) is 0 Å². The predicted molar refractivity (Wildman–Crippen MR) is 92.7 cm³/mol. The molecule has 0 spiro atoms. The quantitative estimate of drug-likeness (QED) is 0.870. The van der Waals surface area contributed by atoms with Crippen molar-refractivity contribution in [2.45, 2.75) is 31.5 Å². The number of hydrogen-bond acceptors (Lipinski definition) is 4. The van der Waals surface area contributed by atoms with Crippen LogP contribution in [0, 0.1) is 0 Å². The number of likely N-dealkylation sites (N-methyl/N-ethyl adjacent to an activating group) is 1. The Morgan fingerprint density at radius 2 is 2.12 bits per heavy atom. The molecule has 3 rings (SSSR count). The molecule has 1 fully saturated rings. The van der Waals surface area contributed by atoms with Gasteiger partial charge in [0.25, 0.3) is 0 Å². The van der Waals surface area contributed by atoms with Crippen LogP contribution in [0.5, 0.6) is 0 Å². The van der Waals surface area contributed by atoms with Crippen LogP contribution < -0.4 is 4.90 Å². The Morgan fingerprint density at radius 1 is 1.33 bits per heavy atom. The van der Waals surface area contributed by atoms with Crippen molar-refractivity contribution < 1.29 is 9.90 Å². The number of aliphatic hydroxyl groups excluding tert-OH is 1. The highest BCUT2D eigenvalue weighted by Gasteiger charge is 2.33. The zero-order chi connectivity index (χ0) is 16.9. The van der Waals surface area contributed by atoms with Gasteiger partial charge in [-0.2, -0.15) is 5.10 Å². The molecule has 1 aromatic carbocycles. The number of aromatic nitrogens is 2. The van der Waals surface area contributed by atoms with Crippen molar-refractivity contribution in [3.05, 3.63) is 48.8 Å². The highest BCUT2D eigenvalue weighted by atomic mass is 16.3. The van der Waals surface area contributed by atoms with Crippen molar-refractivity contribution in [3.63, 3.8) is 0 Å². The fraction of sp³-hybridized carbons (Fsp3) is 0.444. The monoisotopic (exact) mass is 328 g/mol. The molecular formula is C18H24N4O2. The first kappa shape index (κ1) is 16.7.